The summed E-state index contributed by atoms with van der Waals surface area (Å²) in [6.07, 6.45) is -50.2. The van der Waals surface area contributed by atoms with Crippen molar-refractivity contribution < 1.29 is 172 Å². The summed E-state index contributed by atoms with van der Waals surface area (Å²) in [5.74, 6) is -5.65. The van der Waals surface area contributed by atoms with Gasteiger partial charge >= 0.3 is 11.9 Å². The normalized spacial score (nSPS) is 38.2. The quantitative estimate of drug-likeness (QED) is 0.0251. The van der Waals surface area contributed by atoms with Crippen LogP contribution in [0.5, 0.6) is 34.5 Å². The number of benzene rings is 4. The molecule has 5 aromatic rings. The van der Waals surface area contributed by atoms with E-state index in [-0.39, 0.29) is 22.8 Å². The van der Waals surface area contributed by atoms with Crippen molar-refractivity contribution in [2.45, 2.75) is 212 Å². The van der Waals surface area contributed by atoms with Crippen molar-refractivity contribution in [3.05, 3.63) is 118 Å². The molecule has 6 aliphatic rings. The molecule has 0 aliphatic carbocycles. The number of hydrogen-bond donors (Lipinski definition) is 18. The van der Waals surface area contributed by atoms with Crippen molar-refractivity contribution in [3.8, 4) is 45.8 Å². The Morgan fingerprint density at radius 2 is 0.876 bits per heavy atom. The summed E-state index contributed by atoms with van der Waals surface area (Å²) in [5.41, 5.74) is -1.10. The van der Waals surface area contributed by atoms with Gasteiger partial charge in [0.1, 0.15) is 150 Å². The fourth-order valence-corrected chi connectivity index (χ4v) is 12.5. The van der Waals surface area contributed by atoms with E-state index in [0.29, 0.717) is 11.1 Å². The van der Waals surface area contributed by atoms with Gasteiger partial charge in [0, 0.05) is 29.8 Å². The van der Waals surface area contributed by atoms with Gasteiger partial charge in [0.25, 0.3) is 0 Å². The van der Waals surface area contributed by atoms with Crippen molar-refractivity contribution >= 4 is 35.1 Å². The SMILES string of the molecule is C[C@@H]1O[C@@H](O[C@@H]2[C@@H](O)[C@H](C)O[C@@H](O[C@H]3[C@@H](O)[C@H](Oc4cc(O)c5c(=O)c(O[C@@H]6O[C@H](CO[C@@H]7O[C@H](CO)[C@@H](O)[C@H](O)[C@H]7O)[C@@H](O)[C@H](O[C@@H]7O[C@@H](C)[C@H](O)[C@@H](O)[C@H]7O)[C@H]6OC(=O)/C=C/c6ccc(O)cc6)c(-c6ccc(O)cc6)oc5c4)O[C@@H](C)[C@@H]3OC(=O)/C=C\c3ccc(O)cc3)[C@@H]2O)[C@H](O)[C@H](O)[C@H]1O. The van der Waals surface area contributed by atoms with E-state index in [9.17, 15) is 102 Å². The minimum Gasteiger partial charge on any atom is -0.508 e. The Labute approximate surface area is 594 Å². The number of phenolic OH excluding ortho intramolecular Hbond substituents is 4. The summed E-state index contributed by atoms with van der Waals surface area (Å²) in [4.78, 5) is 43.2. The first-order chi connectivity index (χ1) is 49.9. The van der Waals surface area contributed by atoms with E-state index in [1.54, 1.807) is 0 Å². The molecule has 4 aromatic carbocycles. The third-order valence-electron chi connectivity index (χ3n) is 18.6. The number of aromatic hydroxyl groups is 4. The Morgan fingerprint density at radius 1 is 0.429 bits per heavy atom. The zero-order valence-corrected chi connectivity index (χ0v) is 56.0. The maximum atomic E-state index is 15.4. The van der Waals surface area contributed by atoms with Crippen LogP contribution in [-0.2, 0) is 66.4 Å². The molecule has 36 nitrogen and oxygen atoms in total. The van der Waals surface area contributed by atoms with E-state index in [2.05, 4.69) is 0 Å². The molecule has 0 unspecified atom stereocenters. The second-order valence-electron chi connectivity index (χ2n) is 26.0. The molecule has 6 aliphatic heterocycles. The smallest absolute Gasteiger partial charge is 0.331 e. The molecular weight excluding hydrogens is 1400 g/mol. The van der Waals surface area contributed by atoms with Crippen molar-refractivity contribution in [1.29, 1.82) is 0 Å². The molecule has 0 bridgehead atoms. The van der Waals surface area contributed by atoms with Crippen LogP contribution >= 0.6 is 0 Å². The highest BCUT2D eigenvalue weighted by atomic mass is 16.8. The van der Waals surface area contributed by atoms with Crippen LogP contribution in [0.25, 0.3) is 34.4 Å². The highest BCUT2D eigenvalue weighted by molar-refractivity contribution is 5.89. The molecule has 36 heteroatoms. The summed E-state index contributed by atoms with van der Waals surface area (Å²) in [6.45, 7) is 3.54. The number of phenols is 4. The van der Waals surface area contributed by atoms with Gasteiger partial charge in [0.05, 0.1) is 37.6 Å². The Kier molecular flexibility index (Phi) is 24.8. The summed E-state index contributed by atoms with van der Waals surface area (Å²) >= 11 is 0. The summed E-state index contributed by atoms with van der Waals surface area (Å²) < 4.78 is 90.0. The van der Waals surface area contributed by atoms with E-state index >= 15 is 4.79 Å². The van der Waals surface area contributed by atoms with Crippen molar-refractivity contribution in [2.24, 2.45) is 0 Å². The van der Waals surface area contributed by atoms with Gasteiger partial charge in [-0.1, -0.05) is 24.3 Å². The number of fused-ring (bicyclic) bond motifs is 1. The molecule has 0 spiro atoms. The first-order valence-electron chi connectivity index (χ1n) is 33.2. The van der Waals surface area contributed by atoms with E-state index in [1.807, 2.05) is 0 Å². The van der Waals surface area contributed by atoms with Gasteiger partial charge in [0.15, 0.2) is 43.1 Å². The standard InChI is InChI=1S/C69H82O36/c1-25-43(77)49(83)53(87)65(92-25)102-59-45(79)27(3)94-68(55(59)89)104-62-56(90)67(95-28(4)57(62)100-40(75)19-9-29-5-13-32(71)14-6-29)96-35-21-36(74)42-37(22-35)97-58(31-11-17-34(73)18-12-31)61(48(42)82)105-69-63(101-41(76)20-10-30-7-15-33(72)16-8-30)60(103-66-54(88)50(84)44(78)26(2)93-66)47(81)39(99-69)24-91-64-52(86)51(85)46(80)38(23-70)98-64/h5-22,25-28,38-39,43-47,49-57,59-60,62-74,77-81,83-90H,23-24H2,1-4H3/b19-9-,20-10+/t25-,26-,27-,28-,38+,39+,43-,44-,45-,46+,47+,49+,50+,51-,52+,53+,54+,55+,56+,57-,59+,60-,62-,63+,64+,65-,66-,67-,68-,69-/m0/s1. The lowest BCUT2D eigenvalue weighted by atomic mass is 9.96. The number of aliphatic hydroxyl groups excluding tert-OH is 14. The second-order valence-corrected chi connectivity index (χ2v) is 26.0. The fourth-order valence-electron chi connectivity index (χ4n) is 12.5. The number of hydrogen-bond acceptors (Lipinski definition) is 36. The minimum absolute atomic E-state index is 0.0638. The summed E-state index contributed by atoms with van der Waals surface area (Å²) in [5, 5.41) is 196. The third-order valence-corrected chi connectivity index (χ3v) is 18.6. The van der Waals surface area contributed by atoms with Crippen LogP contribution < -0.4 is 14.9 Å². The minimum atomic E-state index is -2.29. The molecule has 0 radical (unpaired) electrons. The molecule has 105 heavy (non-hydrogen) atoms. The van der Waals surface area contributed by atoms with Gasteiger partial charge in [-0.05, 0) is 99.5 Å². The molecular formula is C69H82O36. The topological polar surface area (TPSA) is 558 Å². The predicted octanol–water partition coefficient (Wildman–Crippen LogP) is -3.42. The molecule has 574 valence electrons. The van der Waals surface area contributed by atoms with Crippen LogP contribution in [0.2, 0.25) is 0 Å². The molecule has 0 saturated carbocycles. The number of carbonyl (C=O) groups is 2. The monoisotopic (exact) mass is 1490 g/mol. The Hall–Kier alpha value is -7.65. The summed E-state index contributed by atoms with van der Waals surface area (Å²) in [7, 11) is 0. The second kappa shape index (κ2) is 33.2. The van der Waals surface area contributed by atoms with E-state index in [4.69, 9.17) is 70.7 Å². The lowest BCUT2D eigenvalue weighted by Gasteiger charge is -2.48. The van der Waals surface area contributed by atoms with Gasteiger partial charge < -0.3 is 163 Å². The molecule has 11 rings (SSSR count). The van der Waals surface area contributed by atoms with Crippen molar-refractivity contribution in [2.75, 3.05) is 13.2 Å². The largest absolute Gasteiger partial charge is 0.508 e. The molecule has 7 heterocycles. The molecule has 1 aromatic heterocycles. The van der Waals surface area contributed by atoms with Gasteiger partial charge in [-0.15, -0.1) is 0 Å². The molecule has 18 N–H and O–H groups in total. The predicted molar refractivity (Wildman–Crippen MR) is 347 cm³/mol. The number of rotatable bonds is 21. The zero-order chi connectivity index (χ0) is 75.7. The maximum absolute atomic E-state index is 15.4. The molecule has 6 saturated heterocycles. The average molecular weight is 1490 g/mol. The zero-order valence-electron chi connectivity index (χ0n) is 56.0. The van der Waals surface area contributed by atoms with Crippen LogP contribution in [-0.4, -0.2) is 301 Å². The average Bonchev–Trinajstić information content (AvgIpc) is 0.764. The van der Waals surface area contributed by atoms with Crippen LogP contribution in [0, 0.1) is 0 Å². The summed E-state index contributed by atoms with van der Waals surface area (Å²) in [6, 6.07) is 17.8. The third kappa shape index (κ3) is 17.2. The number of esters is 2. The molecule has 6 fully saturated rings. The number of carbonyl (C=O) groups excluding carboxylic acids is 2. The van der Waals surface area contributed by atoms with E-state index in [1.165, 1.54) is 101 Å². The first-order valence-corrected chi connectivity index (χ1v) is 33.2. The van der Waals surface area contributed by atoms with Crippen LogP contribution in [0.4, 0.5) is 0 Å². The number of ether oxygens (including phenoxy) is 14. The molecule has 0 amide bonds. The Balaban J connectivity index is 0.948. The van der Waals surface area contributed by atoms with E-state index in [0.717, 1.165) is 36.4 Å². The van der Waals surface area contributed by atoms with Crippen LogP contribution in [0.15, 0.2) is 106 Å². The highest BCUT2D eigenvalue weighted by Crippen LogP contribution is 2.42. The lowest BCUT2D eigenvalue weighted by molar-refractivity contribution is -0.372. The van der Waals surface area contributed by atoms with Gasteiger partial charge in [-0.25, -0.2) is 9.59 Å². The van der Waals surface area contributed by atoms with Gasteiger partial charge in [0.2, 0.25) is 23.8 Å². The first kappa shape index (κ1) is 78.4. The van der Waals surface area contributed by atoms with Crippen LogP contribution in [0.3, 0.4) is 0 Å². The fraction of sp³-hybridized carbons (Fsp3) is 0.522. The Bertz CT molecular complexity index is 3870. The lowest BCUT2D eigenvalue weighted by Crippen LogP contribution is -2.66. The maximum Gasteiger partial charge on any atom is 0.331 e. The van der Waals surface area contributed by atoms with Crippen molar-refractivity contribution in [1.82, 2.24) is 0 Å². The number of aliphatic hydroxyl groups is 14. The van der Waals surface area contributed by atoms with Crippen LogP contribution in [0.1, 0.15) is 38.8 Å². The van der Waals surface area contributed by atoms with Gasteiger partial charge in [-0.3, -0.25) is 4.79 Å². The molecule has 30 atom stereocenters. The van der Waals surface area contributed by atoms with Gasteiger partial charge in [-0.2, -0.15) is 0 Å². The van der Waals surface area contributed by atoms with Crippen molar-refractivity contribution in [3.63, 3.8) is 0 Å². The Morgan fingerprint density at radius 3 is 1.42 bits per heavy atom. The van der Waals surface area contributed by atoms with E-state index < -0.39 is 249 Å². The highest BCUT2D eigenvalue weighted by Gasteiger charge is 2.57.